The zero-order valence-corrected chi connectivity index (χ0v) is 10.9. The molecule has 3 rings (SSSR count). The number of halogens is 3. The van der Waals surface area contributed by atoms with E-state index < -0.39 is 11.7 Å². The van der Waals surface area contributed by atoms with Gasteiger partial charge >= 0.3 is 6.18 Å². The lowest BCUT2D eigenvalue weighted by Crippen LogP contribution is -2.47. The van der Waals surface area contributed by atoms with Crippen LogP contribution in [0.1, 0.15) is 31.2 Å². The van der Waals surface area contributed by atoms with Crippen LogP contribution in [0.5, 0.6) is 5.88 Å². The Hall–Kier alpha value is -1.30. The molecule has 0 bridgehead atoms. The van der Waals surface area contributed by atoms with Gasteiger partial charge in [0.05, 0.1) is 5.56 Å². The molecule has 1 aliphatic heterocycles. The zero-order valence-electron chi connectivity index (χ0n) is 10.9. The van der Waals surface area contributed by atoms with Crippen LogP contribution in [-0.2, 0) is 10.9 Å². The Bertz CT molecular complexity index is 476. The van der Waals surface area contributed by atoms with Gasteiger partial charge in [-0.25, -0.2) is 4.98 Å². The first-order chi connectivity index (χ1) is 9.47. The molecule has 1 aromatic heterocycles. The molecule has 1 spiro atoms. The van der Waals surface area contributed by atoms with Crippen molar-refractivity contribution in [3.63, 3.8) is 0 Å². The predicted octanol–water partition coefficient (Wildman–Crippen LogP) is 3.44. The van der Waals surface area contributed by atoms with Crippen LogP contribution < -0.4 is 4.74 Å². The van der Waals surface area contributed by atoms with Gasteiger partial charge in [0, 0.05) is 25.5 Å². The van der Waals surface area contributed by atoms with Gasteiger partial charge in [0.1, 0.15) is 6.10 Å². The summed E-state index contributed by atoms with van der Waals surface area (Å²) in [6.07, 6.45) is 0.557. The molecule has 0 amide bonds. The van der Waals surface area contributed by atoms with Crippen LogP contribution in [-0.4, -0.2) is 24.3 Å². The van der Waals surface area contributed by atoms with Crippen molar-refractivity contribution in [2.75, 3.05) is 13.2 Å². The molecule has 2 fully saturated rings. The third-order valence-corrected chi connectivity index (χ3v) is 4.22. The summed E-state index contributed by atoms with van der Waals surface area (Å²) in [4.78, 5) is 3.86. The van der Waals surface area contributed by atoms with Crippen LogP contribution in [0.3, 0.4) is 0 Å². The van der Waals surface area contributed by atoms with E-state index in [1.807, 2.05) is 0 Å². The van der Waals surface area contributed by atoms with Crippen LogP contribution in [0.2, 0.25) is 0 Å². The monoisotopic (exact) mass is 287 g/mol. The SMILES string of the molecule is FC(F)(F)c1ccnc(OC2CC3(CCOCC3)C2)c1. The highest BCUT2D eigenvalue weighted by atomic mass is 19.4. The normalized spacial score (nSPS) is 22.6. The van der Waals surface area contributed by atoms with Crippen molar-refractivity contribution in [1.82, 2.24) is 4.98 Å². The Morgan fingerprint density at radius 1 is 1.25 bits per heavy atom. The summed E-state index contributed by atoms with van der Waals surface area (Å²) in [5.74, 6) is 0.0618. The summed E-state index contributed by atoms with van der Waals surface area (Å²) in [6.45, 7) is 1.54. The van der Waals surface area contributed by atoms with Crippen LogP contribution in [0.15, 0.2) is 18.3 Å². The number of alkyl halides is 3. The predicted molar refractivity (Wildman–Crippen MR) is 65.4 cm³/mol. The lowest BCUT2D eigenvalue weighted by Gasteiger charge is -2.49. The molecule has 1 aliphatic carbocycles. The maximum absolute atomic E-state index is 12.6. The van der Waals surface area contributed by atoms with Crippen LogP contribution in [0.4, 0.5) is 13.2 Å². The smallest absolute Gasteiger partial charge is 0.416 e. The highest BCUT2D eigenvalue weighted by molar-refractivity contribution is 5.23. The number of hydrogen-bond acceptors (Lipinski definition) is 3. The molecule has 2 heterocycles. The highest BCUT2D eigenvalue weighted by Gasteiger charge is 2.46. The minimum Gasteiger partial charge on any atom is -0.474 e. The van der Waals surface area contributed by atoms with E-state index in [4.69, 9.17) is 9.47 Å². The average molecular weight is 287 g/mol. The molecule has 0 atom stereocenters. The number of aromatic nitrogens is 1. The number of nitrogens with zero attached hydrogens (tertiary/aromatic N) is 1. The summed E-state index contributed by atoms with van der Waals surface area (Å²) < 4.78 is 48.7. The first kappa shape index (κ1) is 13.7. The molecule has 20 heavy (non-hydrogen) atoms. The number of pyridine rings is 1. The van der Waals surface area contributed by atoms with E-state index in [-0.39, 0.29) is 17.4 Å². The fraction of sp³-hybridized carbons (Fsp3) is 0.643. The van der Waals surface area contributed by atoms with E-state index >= 15 is 0 Å². The minimum atomic E-state index is -4.36. The van der Waals surface area contributed by atoms with Gasteiger partial charge in [0.2, 0.25) is 5.88 Å². The summed E-state index contributed by atoms with van der Waals surface area (Å²) in [7, 11) is 0. The lowest BCUT2D eigenvalue weighted by molar-refractivity contribution is -0.138. The fourth-order valence-electron chi connectivity index (χ4n) is 3.02. The molecule has 0 unspecified atom stereocenters. The molecular weight excluding hydrogens is 271 g/mol. The van der Waals surface area contributed by atoms with Crippen molar-refractivity contribution in [1.29, 1.82) is 0 Å². The van der Waals surface area contributed by atoms with Gasteiger partial charge in [0.15, 0.2) is 0 Å². The van der Waals surface area contributed by atoms with Gasteiger partial charge in [-0.2, -0.15) is 13.2 Å². The van der Waals surface area contributed by atoms with Crippen LogP contribution in [0.25, 0.3) is 0 Å². The van der Waals surface area contributed by atoms with E-state index in [2.05, 4.69) is 4.98 Å². The van der Waals surface area contributed by atoms with Crippen molar-refractivity contribution in [2.45, 2.75) is 38.0 Å². The van der Waals surface area contributed by atoms with Gasteiger partial charge in [-0.15, -0.1) is 0 Å². The maximum Gasteiger partial charge on any atom is 0.416 e. The largest absolute Gasteiger partial charge is 0.474 e. The third-order valence-electron chi connectivity index (χ3n) is 4.22. The summed E-state index contributed by atoms with van der Waals surface area (Å²) >= 11 is 0. The van der Waals surface area contributed by atoms with Crippen LogP contribution >= 0.6 is 0 Å². The molecule has 0 N–H and O–H groups in total. The number of rotatable bonds is 2. The van der Waals surface area contributed by atoms with Gasteiger partial charge in [-0.3, -0.25) is 0 Å². The first-order valence-corrected chi connectivity index (χ1v) is 6.75. The Morgan fingerprint density at radius 3 is 2.60 bits per heavy atom. The van der Waals surface area contributed by atoms with E-state index in [1.54, 1.807) is 0 Å². The first-order valence-electron chi connectivity index (χ1n) is 6.75. The quantitative estimate of drug-likeness (QED) is 0.835. The zero-order chi connectivity index (χ0) is 14.2. The second-order valence-corrected chi connectivity index (χ2v) is 5.64. The highest BCUT2D eigenvalue weighted by Crippen LogP contribution is 2.49. The molecule has 1 aromatic rings. The average Bonchev–Trinajstić information content (AvgIpc) is 2.37. The van der Waals surface area contributed by atoms with Crippen molar-refractivity contribution < 1.29 is 22.6 Å². The lowest BCUT2D eigenvalue weighted by atomic mass is 9.62. The fourth-order valence-corrected chi connectivity index (χ4v) is 3.02. The Morgan fingerprint density at radius 2 is 1.95 bits per heavy atom. The number of hydrogen-bond donors (Lipinski definition) is 0. The molecule has 0 radical (unpaired) electrons. The maximum atomic E-state index is 12.6. The summed E-state index contributed by atoms with van der Waals surface area (Å²) in [5, 5.41) is 0. The van der Waals surface area contributed by atoms with E-state index in [0.717, 1.165) is 57.2 Å². The summed E-state index contributed by atoms with van der Waals surface area (Å²) in [5.41, 5.74) is -0.438. The molecule has 0 aromatic carbocycles. The summed E-state index contributed by atoms with van der Waals surface area (Å²) in [6, 6.07) is 1.92. The Kier molecular flexibility index (Phi) is 3.36. The Labute approximate surface area is 115 Å². The van der Waals surface area contributed by atoms with Crippen molar-refractivity contribution >= 4 is 0 Å². The molecule has 1 saturated heterocycles. The van der Waals surface area contributed by atoms with E-state index in [9.17, 15) is 13.2 Å². The van der Waals surface area contributed by atoms with Gasteiger partial charge in [0.25, 0.3) is 0 Å². The molecule has 3 nitrogen and oxygen atoms in total. The molecule has 1 saturated carbocycles. The van der Waals surface area contributed by atoms with E-state index in [1.165, 1.54) is 0 Å². The van der Waals surface area contributed by atoms with Gasteiger partial charge < -0.3 is 9.47 Å². The minimum absolute atomic E-state index is 0.0240. The van der Waals surface area contributed by atoms with Crippen LogP contribution in [0, 0.1) is 5.41 Å². The second-order valence-electron chi connectivity index (χ2n) is 5.64. The second kappa shape index (κ2) is 4.91. The third kappa shape index (κ3) is 2.75. The molecule has 2 aliphatic rings. The van der Waals surface area contributed by atoms with Gasteiger partial charge in [-0.1, -0.05) is 0 Å². The van der Waals surface area contributed by atoms with Gasteiger partial charge in [-0.05, 0) is 37.2 Å². The topological polar surface area (TPSA) is 31.4 Å². The van der Waals surface area contributed by atoms with Crippen molar-refractivity contribution in [3.05, 3.63) is 23.9 Å². The standard InChI is InChI=1S/C14H16F3NO2/c15-14(16,17)10-1-4-18-12(7-10)20-11-8-13(9-11)2-5-19-6-3-13/h1,4,7,11H,2-3,5-6,8-9H2. The van der Waals surface area contributed by atoms with E-state index in [0.29, 0.717) is 0 Å². The Balaban J connectivity index is 1.60. The van der Waals surface area contributed by atoms with Crippen molar-refractivity contribution in [2.24, 2.45) is 5.41 Å². The van der Waals surface area contributed by atoms with Crippen molar-refractivity contribution in [3.8, 4) is 5.88 Å². The molecule has 110 valence electrons. The molecular formula is C14H16F3NO2. The number of ether oxygens (including phenoxy) is 2. The molecule has 6 heteroatoms.